The van der Waals surface area contributed by atoms with Gasteiger partial charge >= 0.3 is 0 Å². The molecule has 6 heteroatoms. The number of rotatable bonds is 7. The monoisotopic (exact) mass is 444 g/mol. The maximum Gasteiger partial charge on any atom is 0.252 e. The summed E-state index contributed by atoms with van der Waals surface area (Å²) in [7, 11) is 4.84. The summed E-state index contributed by atoms with van der Waals surface area (Å²) < 4.78 is 16.5. The van der Waals surface area contributed by atoms with Crippen LogP contribution in [0.5, 0.6) is 17.2 Å². The highest BCUT2D eigenvalue weighted by molar-refractivity contribution is 6.20. The van der Waals surface area contributed by atoms with Gasteiger partial charge in [0.1, 0.15) is 11.8 Å². The minimum Gasteiger partial charge on any atom is -0.497 e. The van der Waals surface area contributed by atoms with Gasteiger partial charge in [-0.3, -0.25) is 9.79 Å². The first-order valence-corrected chi connectivity index (χ1v) is 10.9. The Morgan fingerprint density at radius 2 is 1.61 bits per heavy atom. The molecule has 33 heavy (non-hydrogen) atoms. The molecule has 3 aromatic carbocycles. The molecule has 1 aliphatic rings. The number of carbonyl (C=O) groups excluding carboxylic acids is 1. The van der Waals surface area contributed by atoms with E-state index in [1.807, 2.05) is 73.7 Å². The van der Waals surface area contributed by atoms with Crippen molar-refractivity contribution in [3.8, 4) is 17.2 Å². The van der Waals surface area contributed by atoms with Crippen molar-refractivity contribution < 1.29 is 19.0 Å². The second-order valence-electron chi connectivity index (χ2n) is 7.72. The van der Waals surface area contributed by atoms with E-state index in [9.17, 15) is 4.79 Å². The van der Waals surface area contributed by atoms with E-state index in [-0.39, 0.29) is 5.91 Å². The number of aliphatic imine (C=N–C) groups is 1. The van der Waals surface area contributed by atoms with Crippen LogP contribution in [0.1, 0.15) is 23.6 Å². The number of hydrogen-bond acceptors (Lipinski definition) is 5. The molecule has 1 heterocycles. The molecule has 0 aromatic heterocycles. The zero-order chi connectivity index (χ0) is 23.4. The number of carbonyl (C=O) groups is 1. The van der Waals surface area contributed by atoms with Crippen LogP contribution in [0.15, 0.2) is 71.7 Å². The van der Waals surface area contributed by atoms with E-state index in [0.717, 1.165) is 33.8 Å². The van der Waals surface area contributed by atoms with E-state index < -0.39 is 6.04 Å². The summed E-state index contributed by atoms with van der Waals surface area (Å²) in [6, 6.07) is 20.9. The SMILES string of the molecule is CCN1C(=O)C(Cc2cccc(OC)c2)N=C(c2ccccc2)c2cc(OC)c(OC)cc21. The number of amides is 1. The van der Waals surface area contributed by atoms with Crippen LogP contribution in [0.3, 0.4) is 0 Å². The van der Waals surface area contributed by atoms with E-state index >= 15 is 0 Å². The predicted octanol–water partition coefficient (Wildman–Crippen LogP) is 4.53. The highest BCUT2D eigenvalue weighted by Crippen LogP contribution is 2.38. The molecule has 1 atom stereocenters. The van der Waals surface area contributed by atoms with Crippen molar-refractivity contribution >= 4 is 17.3 Å². The Morgan fingerprint density at radius 3 is 2.27 bits per heavy atom. The molecule has 0 spiro atoms. The predicted molar refractivity (Wildman–Crippen MR) is 130 cm³/mol. The Morgan fingerprint density at radius 1 is 0.879 bits per heavy atom. The second-order valence-corrected chi connectivity index (χ2v) is 7.72. The van der Waals surface area contributed by atoms with E-state index in [1.165, 1.54) is 0 Å². The van der Waals surface area contributed by atoms with Gasteiger partial charge in [-0.25, -0.2) is 0 Å². The lowest BCUT2D eigenvalue weighted by Crippen LogP contribution is -2.38. The lowest BCUT2D eigenvalue weighted by molar-refractivity contribution is -0.119. The number of benzene rings is 3. The van der Waals surface area contributed by atoms with E-state index in [4.69, 9.17) is 19.2 Å². The van der Waals surface area contributed by atoms with Crippen molar-refractivity contribution in [2.45, 2.75) is 19.4 Å². The maximum absolute atomic E-state index is 13.7. The first kappa shape index (κ1) is 22.4. The Bertz CT molecular complexity index is 1170. The van der Waals surface area contributed by atoms with Crippen molar-refractivity contribution in [1.82, 2.24) is 0 Å². The molecule has 1 aliphatic heterocycles. The molecule has 0 radical (unpaired) electrons. The third kappa shape index (κ3) is 4.42. The minimum atomic E-state index is -0.586. The van der Waals surface area contributed by atoms with Gasteiger partial charge in [0.2, 0.25) is 0 Å². The van der Waals surface area contributed by atoms with Gasteiger partial charge in [-0.2, -0.15) is 0 Å². The fourth-order valence-corrected chi connectivity index (χ4v) is 4.17. The Kier molecular flexibility index (Phi) is 6.63. The Hall–Kier alpha value is -3.80. The van der Waals surface area contributed by atoms with Gasteiger partial charge in [0.05, 0.1) is 32.7 Å². The van der Waals surface area contributed by atoms with Crippen LogP contribution in [-0.4, -0.2) is 45.5 Å². The highest BCUT2D eigenvalue weighted by atomic mass is 16.5. The van der Waals surface area contributed by atoms with Crippen LogP contribution in [0.4, 0.5) is 5.69 Å². The van der Waals surface area contributed by atoms with Gasteiger partial charge in [0.15, 0.2) is 11.5 Å². The first-order valence-electron chi connectivity index (χ1n) is 10.9. The van der Waals surface area contributed by atoms with Crippen LogP contribution in [-0.2, 0) is 11.2 Å². The lowest BCUT2D eigenvalue weighted by atomic mass is 9.99. The van der Waals surface area contributed by atoms with Crippen molar-refractivity contribution in [3.05, 3.63) is 83.4 Å². The van der Waals surface area contributed by atoms with E-state index in [2.05, 4.69) is 0 Å². The summed E-state index contributed by atoms with van der Waals surface area (Å²) in [6.45, 7) is 2.47. The van der Waals surface area contributed by atoms with Crippen LogP contribution in [0, 0.1) is 0 Å². The van der Waals surface area contributed by atoms with Gasteiger partial charge in [-0.05, 0) is 30.7 Å². The van der Waals surface area contributed by atoms with Gasteiger partial charge < -0.3 is 19.1 Å². The molecule has 0 saturated heterocycles. The molecule has 0 bridgehead atoms. The molecule has 3 aromatic rings. The number of benzodiazepines with no additional fused rings is 1. The van der Waals surface area contributed by atoms with Gasteiger partial charge in [0.25, 0.3) is 5.91 Å². The summed E-state index contributed by atoms with van der Waals surface area (Å²) in [5, 5.41) is 0. The van der Waals surface area contributed by atoms with Crippen LogP contribution in [0.2, 0.25) is 0 Å². The number of likely N-dealkylation sites (N-methyl/N-ethyl adjacent to an activating group) is 1. The average Bonchev–Trinajstić information content (AvgIpc) is 2.97. The molecule has 0 fully saturated rings. The molecule has 0 aliphatic carbocycles. The van der Waals surface area contributed by atoms with E-state index in [0.29, 0.717) is 24.5 Å². The number of fused-ring (bicyclic) bond motifs is 1. The summed E-state index contributed by atoms with van der Waals surface area (Å²) in [5.41, 5.74) is 4.27. The molecular formula is C27H28N2O4. The normalized spacial score (nSPS) is 15.4. The molecular weight excluding hydrogens is 416 g/mol. The van der Waals surface area contributed by atoms with Gasteiger partial charge in [0, 0.05) is 30.2 Å². The van der Waals surface area contributed by atoms with Gasteiger partial charge in [-0.1, -0.05) is 42.5 Å². The molecule has 1 unspecified atom stereocenters. The Balaban J connectivity index is 1.90. The van der Waals surface area contributed by atoms with Crippen molar-refractivity contribution in [2.24, 2.45) is 4.99 Å². The molecule has 4 rings (SSSR count). The topological polar surface area (TPSA) is 60.4 Å². The Labute approximate surface area is 194 Å². The largest absolute Gasteiger partial charge is 0.497 e. The number of anilines is 1. The van der Waals surface area contributed by atoms with Crippen molar-refractivity contribution in [1.29, 1.82) is 0 Å². The van der Waals surface area contributed by atoms with Gasteiger partial charge in [-0.15, -0.1) is 0 Å². The number of nitrogens with zero attached hydrogens (tertiary/aromatic N) is 2. The number of ether oxygens (including phenoxy) is 3. The zero-order valence-corrected chi connectivity index (χ0v) is 19.4. The second kappa shape index (κ2) is 9.77. The third-order valence-electron chi connectivity index (χ3n) is 5.81. The van der Waals surface area contributed by atoms with Crippen LogP contribution in [0.25, 0.3) is 0 Å². The van der Waals surface area contributed by atoms with Crippen molar-refractivity contribution in [3.63, 3.8) is 0 Å². The maximum atomic E-state index is 13.7. The van der Waals surface area contributed by atoms with Crippen molar-refractivity contribution in [2.75, 3.05) is 32.8 Å². The van der Waals surface area contributed by atoms with E-state index in [1.54, 1.807) is 26.2 Å². The molecule has 1 amide bonds. The van der Waals surface area contributed by atoms with Crippen LogP contribution >= 0.6 is 0 Å². The number of hydrogen-bond donors (Lipinski definition) is 0. The first-order chi connectivity index (χ1) is 16.1. The standard InChI is InChI=1S/C27H28N2O4/c1-5-29-23-17-25(33-4)24(32-3)16-21(23)26(19-11-7-6-8-12-19)28-22(27(29)30)15-18-10-9-13-20(14-18)31-2/h6-14,16-17,22H,5,15H2,1-4H3. The molecule has 0 saturated carbocycles. The van der Waals surface area contributed by atoms with Crippen LogP contribution < -0.4 is 19.1 Å². The molecule has 0 N–H and O–H groups in total. The average molecular weight is 445 g/mol. The fourth-order valence-electron chi connectivity index (χ4n) is 4.17. The summed E-state index contributed by atoms with van der Waals surface area (Å²) in [4.78, 5) is 20.6. The third-order valence-corrected chi connectivity index (χ3v) is 5.81. The summed E-state index contributed by atoms with van der Waals surface area (Å²) in [6.07, 6.45) is 0.463. The number of methoxy groups -OCH3 is 3. The summed E-state index contributed by atoms with van der Waals surface area (Å²) in [5.74, 6) is 1.86. The minimum absolute atomic E-state index is 0.0558. The smallest absolute Gasteiger partial charge is 0.252 e. The quantitative estimate of drug-likeness (QED) is 0.537. The molecule has 6 nitrogen and oxygen atoms in total. The highest BCUT2D eigenvalue weighted by Gasteiger charge is 2.32. The lowest BCUT2D eigenvalue weighted by Gasteiger charge is -2.25. The molecule has 170 valence electrons. The zero-order valence-electron chi connectivity index (χ0n) is 19.4. The summed E-state index contributed by atoms with van der Waals surface area (Å²) >= 11 is 0. The fraction of sp³-hybridized carbons (Fsp3) is 0.259.